The lowest BCUT2D eigenvalue weighted by molar-refractivity contribution is 0.0781. The maximum absolute atomic E-state index is 13.1. The van der Waals surface area contributed by atoms with E-state index in [0.717, 1.165) is 18.7 Å². The van der Waals surface area contributed by atoms with Gasteiger partial charge in [-0.3, -0.25) is 4.79 Å². The van der Waals surface area contributed by atoms with Gasteiger partial charge in [0.1, 0.15) is 0 Å². The number of anilines is 1. The molecule has 1 amide bonds. The third-order valence-corrected chi connectivity index (χ3v) is 5.36. The molecule has 0 unspecified atom stereocenters. The van der Waals surface area contributed by atoms with Gasteiger partial charge in [0.05, 0.1) is 26.9 Å². The zero-order valence-electron chi connectivity index (χ0n) is 17.7. The average molecular weight is 399 g/mol. The van der Waals surface area contributed by atoms with Crippen LogP contribution in [0.5, 0.6) is 17.2 Å². The molecule has 6 heteroatoms. The van der Waals surface area contributed by atoms with Crippen molar-refractivity contribution >= 4 is 11.6 Å². The molecule has 1 aliphatic rings. The first kappa shape index (κ1) is 20.8. The lowest BCUT2D eigenvalue weighted by Crippen LogP contribution is -2.29. The molecule has 0 atom stereocenters. The van der Waals surface area contributed by atoms with Gasteiger partial charge in [0.25, 0.3) is 5.91 Å². The zero-order chi connectivity index (χ0) is 20.8. The number of rotatable bonds is 7. The maximum Gasteiger partial charge on any atom is 0.257 e. The van der Waals surface area contributed by atoms with Crippen molar-refractivity contribution in [1.82, 2.24) is 4.90 Å². The Kier molecular flexibility index (Phi) is 6.86. The molecular weight excluding hydrogens is 368 g/mol. The number of nitrogens with zero attached hydrogens (tertiary/aromatic N) is 2. The highest BCUT2D eigenvalue weighted by molar-refractivity contribution is 5.98. The van der Waals surface area contributed by atoms with Crippen LogP contribution in [0.4, 0.5) is 5.69 Å². The Morgan fingerprint density at radius 3 is 2.14 bits per heavy atom. The fraction of sp³-hybridized carbons (Fsp3) is 0.435. The Morgan fingerprint density at radius 2 is 1.55 bits per heavy atom. The summed E-state index contributed by atoms with van der Waals surface area (Å²) in [5.41, 5.74) is 2.78. The van der Waals surface area contributed by atoms with Crippen LogP contribution in [-0.4, -0.2) is 52.3 Å². The summed E-state index contributed by atoms with van der Waals surface area (Å²) in [5.74, 6) is 1.18. The molecule has 29 heavy (non-hydrogen) atoms. The molecule has 0 aliphatic carbocycles. The van der Waals surface area contributed by atoms with Gasteiger partial charge in [-0.25, -0.2) is 0 Å². The normalized spacial score (nSPS) is 13.7. The van der Waals surface area contributed by atoms with Crippen molar-refractivity contribution in [2.24, 2.45) is 0 Å². The Balaban J connectivity index is 1.73. The molecule has 1 saturated heterocycles. The number of hydrogen-bond acceptors (Lipinski definition) is 5. The SMILES string of the molecule is COc1ccc(C(=O)N(C)Cc2ccc(N3CCCCC3)cc2)c(OC)c1OC. The van der Waals surface area contributed by atoms with E-state index in [-0.39, 0.29) is 5.91 Å². The summed E-state index contributed by atoms with van der Waals surface area (Å²) in [6.07, 6.45) is 3.83. The van der Waals surface area contributed by atoms with Crippen molar-refractivity contribution < 1.29 is 19.0 Å². The van der Waals surface area contributed by atoms with Gasteiger partial charge in [-0.2, -0.15) is 0 Å². The van der Waals surface area contributed by atoms with Gasteiger partial charge in [0, 0.05) is 32.4 Å². The van der Waals surface area contributed by atoms with Crippen molar-refractivity contribution in [3.8, 4) is 17.2 Å². The first-order valence-electron chi connectivity index (χ1n) is 9.97. The first-order chi connectivity index (χ1) is 14.1. The smallest absolute Gasteiger partial charge is 0.257 e. The second-order valence-corrected chi connectivity index (χ2v) is 7.26. The minimum atomic E-state index is -0.136. The fourth-order valence-corrected chi connectivity index (χ4v) is 3.79. The summed E-state index contributed by atoms with van der Waals surface area (Å²) in [6, 6.07) is 11.9. The van der Waals surface area contributed by atoms with Crippen LogP contribution in [0, 0.1) is 0 Å². The Morgan fingerprint density at radius 1 is 0.897 bits per heavy atom. The number of benzene rings is 2. The number of carbonyl (C=O) groups is 1. The average Bonchev–Trinajstić information content (AvgIpc) is 2.78. The summed E-state index contributed by atoms with van der Waals surface area (Å²) in [4.78, 5) is 17.2. The second kappa shape index (κ2) is 9.54. The molecule has 0 bridgehead atoms. The predicted octanol–water partition coefficient (Wildman–Crippen LogP) is 3.97. The Hall–Kier alpha value is -2.89. The van der Waals surface area contributed by atoms with Gasteiger partial charge in [0.2, 0.25) is 5.75 Å². The number of carbonyl (C=O) groups excluding carboxylic acids is 1. The van der Waals surface area contributed by atoms with E-state index in [2.05, 4.69) is 29.2 Å². The minimum Gasteiger partial charge on any atom is -0.493 e. The predicted molar refractivity (Wildman–Crippen MR) is 114 cm³/mol. The molecule has 0 N–H and O–H groups in total. The van der Waals surface area contributed by atoms with Gasteiger partial charge in [0.15, 0.2) is 11.5 Å². The monoisotopic (exact) mass is 398 g/mol. The number of piperidine rings is 1. The Bertz CT molecular complexity index is 830. The van der Waals surface area contributed by atoms with Crippen LogP contribution in [0.25, 0.3) is 0 Å². The lowest BCUT2D eigenvalue weighted by Gasteiger charge is -2.29. The molecule has 1 heterocycles. The van der Waals surface area contributed by atoms with E-state index in [4.69, 9.17) is 14.2 Å². The number of hydrogen-bond donors (Lipinski definition) is 0. The third kappa shape index (κ3) is 4.58. The first-order valence-corrected chi connectivity index (χ1v) is 9.97. The van der Waals surface area contributed by atoms with E-state index in [0.29, 0.717) is 29.4 Å². The molecular formula is C23H30N2O4. The molecule has 0 radical (unpaired) electrons. The van der Waals surface area contributed by atoms with Crippen molar-refractivity contribution in [2.45, 2.75) is 25.8 Å². The number of amides is 1. The molecule has 1 aliphatic heterocycles. The van der Waals surface area contributed by atoms with Crippen molar-refractivity contribution in [3.05, 3.63) is 47.5 Å². The number of ether oxygens (including phenoxy) is 3. The second-order valence-electron chi connectivity index (χ2n) is 7.26. The van der Waals surface area contributed by atoms with Crippen LogP contribution in [-0.2, 0) is 6.54 Å². The lowest BCUT2D eigenvalue weighted by atomic mass is 10.1. The van der Waals surface area contributed by atoms with Gasteiger partial charge >= 0.3 is 0 Å². The van der Waals surface area contributed by atoms with Gasteiger partial charge in [-0.05, 0) is 49.1 Å². The molecule has 3 rings (SSSR count). The molecule has 0 aromatic heterocycles. The van der Waals surface area contributed by atoms with E-state index < -0.39 is 0 Å². The summed E-state index contributed by atoms with van der Waals surface area (Å²) in [6.45, 7) is 2.75. The molecule has 6 nitrogen and oxygen atoms in total. The molecule has 0 saturated carbocycles. The highest BCUT2D eigenvalue weighted by Crippen LogP contribution is 2.40. The van der Waals surface area contributed by atoms with Gasteiger partial charge < -0.3 is 24.0 Å². The molecule has 2 aromatic carbocycles. The summed E-state index contributed by atoms with van der Waals surface area (Å²) in [5, 5.41) is 0. The van der Waals surface area contributed by atoms with Crippen LogP contribution in [0.1, 0.15) is 35.2 Å². The van der Waals surface area contributed by atoms with E-state index in [1.165, 1.54) is 39.2 Å². The summed E-state index contributed by atoms with van der Waals surface area (Å²) >= 11 is 0. The van der Waals surface area contributed by atoms with Crippen LogP contribution in [0.2, 0.25) is 0 Å². The quantitative estimate of drug-likeness (QED) is 0.706. The van der Waals surface area contributed by atoms with Crippen LogP contribution in [0.3, 0.4) is 0 Å². The zero-order valence-corrected chi connectivity index (χ0v) is 17.7. The summed E-state index contributed by atoms with van der Waals surface area (Å²) < 4.78 is 16.1. The van der Waals surface area contributed by atoms with Crippen LogP contribution in [0.15, 0.2) is 36.4 Å². The van der Waals surface area contributed by atoms with Crippen LogP contribution < -0.4 is 19.1 Å². The standard InChI is InChI=1S/C23H30N2O4/c1-24(16-17-8-10-18(11-9-17)25-14-6-5-7-15-25)23(26)19-12-13-20(27-2)22(29-4)21(19)28-3/h8-13H,5-7,14-16H2,1-4H3. The van der Waals surface area contributed by atoms with E-state index >= 15 is 0 Å². The van der Waals surface area contributed by atoms with Gasteiger partial charge in [-0.15, -0.1) is 0 Å². The minimum absolute atomic E-state index is 0.136. The molecule has 156 valence electrons. The van der Waals surface area contributed by atoms with Crippen LogP contribution >= 0.6 is 0 Å². The van der Waals surface area contributed by atoms with Crippen molar-refractivity contribution in [1.29, 1.82) is 0 Å². The third-order valence-electron chi connectivity index (χ3n) is 5.36. The van der Waals surface area contributed by atoms with Gasteiger partial charge in [-0.1, -0.05) is 12.1 Å². The molecule has 0 spiro atoms. The Labute approximate surface area is 173 Å². The summed E-state index contributed by atoms with van der Waals surface area (Å²) in [7, 11) is 6.39. The molecule has 2 aromatic rings. The topological polar surface area (TPSA) is 51.2 Å². The number of methoxy groups -OCH3 is 3. The van der Waals surface area contributed by atoms with Crippen molar-refractivity contribution in [2.75, 3.05) is 46.4 Å². The highest BCUT2D eigenvalue weighted by atomic mass is 16.5. The molecule has 1 fully saturated rings. The highest BCUT2D eigenvalue weighted by Gasteiger charge is 2.23. The van der Waals surface area contributed by atoms with E-state index in [9.17, 15) is 4.79 Å². The largest absolute Gasteiger partial charge is 0.493 e. The van der Waals surface area contributed by atoms with Crippen molar-refractivity contribution in [3.63, 3.8) is 0 Å². The van der Waals surface area contributed by atoms with E-state index in [1.807, 2.05) is 0 Å². The fourth-order valence-electron chi connectivity index (χ4n) is 3.79. The van der Waals surface area contributed by atoms with E-state index in [1.54, 1.807) is 31.2 Å². The maximum atomic E-state index is 13.1.